The molecule has 116 valence electrons. The van der Waals surface area contributed by atoms with E-state index in [1.165, 1.54) is 0 Å². The van der Waals surface area contributed by atoms with Crippen LogP contribution in [0.5, 0.6) is 0 Å². The summed E-state index contributed by atoms with van der Waals surface area (Å²) < 4.78 is 0. The van der Waals surface area contributed by atoms with Gasteiger partial charge in [-0.15, -0.1) is 0 Å². The average molecular weight is 318 g/mol. The summed E-state index contributed by atoms with van der Waals surface area (Å²) in [5, 5.41) is 7.76. The van der Waals surface area contributed by atoms with Crippen molar-refractivity contribution in [2.45, 2.75) is 31.6 Å². The zero-order chi connectivity index (χ0) is 15.4. The molecular weight excluding hydrogens is 298 g/mol. The summed E-state index contributed by atoms with van der Waals surface area (Å²) >= 11 is 5.98. The number of rotatable bonds is 4. The zero-order valence-corrected chi connectivity index (χ0v) is 13.2. The van der Waals surface area contributed by atoms with Gasteiger partial charge in [0, 0.05) is 42.3 Å². The third-order valence-electron chi connectivity index (χ3n) is 4.25. The molecule has 1 amide bonds. The highest BCUT2D eigenvalue weighted by Gasteiger charge is 2.25. The molecule has 4 nitrogen and oxygen atoms in total. The van der Waals surface area contributed by atoms with Crippen molar-refractivity contribution >= 4 is 17.5 Å². The molecule has 1 aromatic carbocycles. The number of carbonyl (C=O) groups is 1. The summed E-state index contributed by atoms with van der Waals surface area (Å²) in [4.78, 5) is 14.4. The van der Waals surface area contributed by atoms with Crippen LogP contribution in [-0.4, -0.2) is 34.1 Å². The lowest BCUT2D eigenvalue weighted by molar-refractivity contribution is -0.132. The molecule has 0 bridgehead atoms. The third-order valence-corrected chi connectivity index (χ3v) is 4.49. The zero-order valence-electron chi connectivity index (χ0n) is 12.5. The summed E-state index contributed by atoms with van der Waals surface area (Å²) in [5.41, 5.74) is 2.25. The van der Waals surface area contributed by atoms with Crippen molar-refractivity contribution < 1.29 is 4.79 Å². The van der Waals surface area contributed by atoms with Crippen molar-refractivity contribution in [2.24, 2.45) is 0 Å². The first-order valence-electron chi connectivity index (χ1n) is 7.74. The molecule has 0 saturated carbocycles. The molecule has 22 heavy (non-hydrogen) atoms. The molecule has 2 aromatic rings. The fourth-order valence-electron chi connectivity index (χ4n) is 3.05. The Labute approximate surface area is 135 Å². The number of amides is 1. The molecule has 1 aliphatic rings. The summed E-state index contributed by atoms with van der Waals surface area (Å²) in [6.45, 7) is 1.65. The Morgan fingerprint density at radius 2 is 2.32 bits per heavy atom. The highest BCUT2D eigenvalue weighted by molar-refractivity contribution is 6.30. The number of nitrogens with zero attached hydrogens (tertiary/aromatic N) is 2. The van der Waals surface area contributed by atoms with Crippen LogP contribution in [0.25, 0.3) is 0 Å². The number of piperidine rings is 1. The predicted molar refractivity (Wildman–Crippen MR) is 86.9 cm³/mol. The first kappa shape index (κ1) is 15.1. The summed E-state index contributed by atoms with van der Waals surface area (Å²) in [6, 6.07) is 9.73. The van der Waals surface area contributed by atoms with Gasteiger partial charge in [0.25, 0.3) is 0 Å². The Bertz CT molecular complexity index is 627. The van der Waals surface area contributed by atoms with Gasteiger partial charge in [0.2, 0.25) is 5.91 Å². The number of carbonyl (C=O) groups excluding carboxylic acids is 1. The van der Waals surface area contributed by atoms with Gasteiger partial charge in [-0.05, 0) is 43.0 Å². The number of hydrogen-bond donors (Lipinski definition) is 1. The minimum atomic E-state index is 0.226. The second-order valence-electron chi connectivity index (χ2n) is 5.82. The Kier molecular flexibility index (Phi) is 4.78. The van der Waals surface area contributed by atoms with E-state index in [0.29, 0.717) is 12.3 Å². The van der Waals surface area contributed by atoms with Crippen LogP contribution in [0.15, 0.2) is 36.5 Å². The van der Waals surface area contributed by atoms with Crippen LogP contribution < -0.4 is 0 Å². The Hall–Kier alpha value is -1.81. The standard InChI is InChI=1S/C17H20ClN3O/c18-15-5-1-3-13(11-15)6-7-17(22)21-10-2-4-14(12-21)16-8-9-19-20-16/h1,3,5,8-9,11,14H,2,4,6-7,10,12H2,(H,19,20). The summed E-state index contributed by atoms with van der Waals surface area (Å²) in [7, 11) is 0. The summed E-state index contributed by atoms with van der Waals surface area (Å²) in [5.74, 6) is 0.607. The fourth-order valence-corrected chi connectivity index (χ4v) is 3.27. The quantitative estimate of drug-likeness (QED) is 0.939. The molecule has 3 rings (SSSR count). The number of nitrogens with one attached hydrogen (secondary N) is 1. The largest absolute Gasteiger partial charge is 0.342 e. The lowest BCUT2D eigenvalue weighted by Gasteiger charge is -2.32. The monoisotopic (exact) mass is 317 g/mol. The first-order valence-corrected chi connectivity index (χ1v) is 8.11. The minimum Gasteiger partial charge on any atom is -0.342 e. The molecule has 1 aliphatic heterocycles. The molecule has 0 radical (unpaired) electrons. The van der Waals surface area contributed by atoms with Crippen LogP contribution in [0.1, 0.15) is 36.4 Å². The Balaban J connectivity index is 1.55. The molecule has 1 saturated heterocycles. The maximum atomic E-state index is 12.4. The van der Waals surface area contributed by atoms with Gasteiger partial charge in [0.1, 0.15) is 0 Å². The van der Waals surface area contributed by atoms with E-state index in [-0.39, 0.29) is 5.91 Å². The maximum absolute atomic E-state index is 12.4. The van der Waals surface area contributed by atoms with E-state index in [2.05, 4.69) is 10.2 Å². The highest BCUT2D eigenvalue weighted by atomic mass is 35.5. The molecule has 5 heteroatoms. The molecule has 0 spiro atoms. The molecule has 1 aromatic heterocycles. The highest BCUT2D eigenvalue weighted by Crippen LogP contribution is 2.25. The average Bonchev–Trinajstić information content (AvgIpc) is 3.07. The topological polar surface area (TPSA) is 49.0 Å². The van der Waals surface area contributed by atoms with Crippen molar-refractivity contribution in [3.05, 3.63) is 52.8 Å². The van der Waals surface area contributed by atoms with Crippen LogP contribution in [-0.2, 0) is 11.2 Å². The number of benzene rings is 1. The van der Waals surface area contributed by atoms with Crippen molar-refractivity contribution in [1.29, 1.82) is 0 Å². The van der Waals surface area contributed by atoms with Gasteiger partial charge in [-0.25, -0.2) is 0 Å². The van der Waals surface area contributed by atoms with Gasteiger partial charge < -0.3 is 4.90 Å². The Morgan fingerprint density at radius 1 is 1.41 bits per heavy atom. The smallest absolute Gasteiger partial charge is 0.222 e. The summed E-state index contributed by atoms with van der Waals surface area (Å²) in [6.07, 6.45) is 5.21. The lowest BCUT2D eigenvalue weighted by Crippen LogP contribution is -2.39. The lowest BCUT2D eigenvalue weighted by atomic mass is 9.94. The van der Waals surface area contributed by atoms with E-state index < -0.39 is 0 Å². The van der Waals surface area contributed by atoms with Crippen LogP contribution >= 0.6 is 11.6 Å². The second kappa shape index (κ2) is 6.97. The van der Waals surface area contributed by atoms with Crippen LogP contribution in [0, 0.1) is 0 Å². The van der Waals surface area contributed by atoms with E-state index in [1.54, 1.807) is 6.20 Å². The van der Waals surface area contributed by atoms with Gasteiger partial charge in [0.15, 0.2) is 0 Å². The first-order chi connectivity index (χ1) is 10.7. The number of aromatic amines is 1. The van der Waals surface area contributed by atoms with Gasteiger partial charge in [0.05, 0.1) is 0 Å². The minimum absolute atomic E-state index is 0.226. The normalized spacial score (nSPS) is 18.4. The molecule has 1 atom stereocenters. The maximum Gasteiger partial charge on any atom is 0.222 e. The van der Waals surface area contributed by atoms with Gasteiger partial charge in [-0.2, -0.15) is 5.10 Å². The van der Waals surface area contributed by atoms with E-state index in [9.17, 15) is 4.79 Å². The SMILES string of the molecule is O=C(CCc1cccc(Cl)c1)N1CCCC(c2ccn[nH]2)C1. The van der Waals surface area contributed by atoms with Gasteiger partial charge >= 0.3 is 0 Å². The van der Waals surface area contributed by atoms with Crippen LogP contribution in [0.2, 0.25) is 5.02 Å². The number of aryl methyl sites for hydroxylation is 1. The number of likely N-dealkylation sites (tertiary alicyclic amines) is 1. The second-order valence-corrected chi connectivity index (χ2v) is 6.26. The van der Waals surface area contributed by atoms with Crippen LogP contribution in [0.4, 0.5) is 0 Å². The van der Waals surface area contributed by atoms with E-state index in [1.807, 2.05) is 35.2 Å². The van der Waals surface area contributed by atoms with E-state index in [0.717, 1.165) is 48.6 Å². The number of halogens is 1. The van der Waals surface area contributed by atoms with Crippen molar-refractivity contribution in [2.75, 3.05) is 13.1 Å². The van der Waals surface area contributed by atoms with Crippen molar-refractivity contribution in [3.63, 3.8) is 0 Å². The molecule has 1 fully saturated rings. The molecule has 0 aliphatic carbocycles. The molecule has 1 unspecified atom stereocenters. The number of H-pyrrole nitrogens is 1. The number of aromatic nitrogens is 2. The molecule has 1 N–H and O–H groups in total. The van der Waals surface area contributed by atoms with E-state index >= 15 is 0 Å². The fraction of sp³-hybridized carbons (Fsp3) is 0.412. The molecule has 2 heterocycles. The van der Waals surface area contributed by atoms with Gasteiger partial charge in [-0.1, -0.05) is 23.7 Å². The van der Waals surface area contributed by atoms with E-state index in [4.69, 9.17) is 11.6 Å². The van der Waals surface area contributed by atoms with Gasteiger partial charge in [-0.3, -0.25) is 9.89 Å². The third kappa shape index (κ3) is 3.69. The number of hydrogen-bond acceptors (Lipinski definition) is 2. The van der Waals surface area contributed by atoms with Crippen LogP contribution in [0.3, 0.4) is 0 Å². The predicted octanol–water partition coefficient (Wildman–Crippen LogP) is 3.40. The molecular formula is C17H20ClN3O. The van der Waals surface area contributed by atoms with Crippen molar-refractivity contribution in [1.82, 2.24) is 15.1 Å². The van der Waals surface area contributed by atoms with Crippen molar-refractivity contribution in [3.8, 4) is 0 Å². The Morgan fingerprint density at radius 3 is 3.09 bits per heavy atom.